The number of carboxylic acids is 1. The minimum Gasteiger partial charge on any atom is -0.531 e. The Morgan fingerprint density at radius 1 is 1.62 bits per heavy atom. The summed E-state index contributed by atoms with van der Waals surface area (Å²) in [7, 11) is 0. The van der Waals surface area contributed by atoms with Crippen molar-refractivity contribution in [3.8, 4) is 0 Å². The first-order chi connectivity index (χ1) is 3.27. The molecule has 0 aromatic carbocycles. The molecule has 0 saturated heterocycles. The molecule has 46 valence electrons. The topological polar surface area (TPSA) is 54.4 Å². The van der Waals surface area contributed by atoms with Crippen molar-refractivity contribution in [1.82, 2.24) is 0 Å². The molecule has 0 bridgehead atoms. The van der Waals surface area contributed by atoms with Gasteiger partial charge in [-0.1, -0.05) is 0 Å². The van der Waals surface area contributed by atoms with E-state index in [1.807, 2.05) is 0 Å². The summed E-state index contributed by atoms with van der Waals surface area (Å²) in [5.74, 6) is -1.55. The van der Waals surface area contributed by atoms with E-state index in [0.29, 0.717) is 6.29 Å². The molecule has 0 aliphatic heterocycles. The number of carbonyl (C=O) groups is 1. The van der Waals surface area contributed by atoms with Crippen LogP contribution in [0.2, 0.25) is 0 Å². The molecule has 0 aliphatic rings. The van der Waals surface area contributed by atoms with Crippen LogP contribution in [0.15, 0.2) is 0 Å². The zero-order chi connectivity index (χ0) is 6.28. The van der Waals surface area contributed by atoms with Crippen molar-refractivity contribution in [3.63, 3.8) is 0 Å². The second-order valence-electron chi connectivity index (χ2n) is 0.407. The van der Waals surface area contributed by atoms with Crippen molar-refractivity contribution >= 4 is 12.3 Å². The standard InChI is InChI=1S/C2HO3.C2H5.W/c3-1-2(4)5;1-2;/h(H,4,5);1H2,2H3;/q2*-1;+2. The monoisotopic (exact) mass is 286 g/mol. The molecule has 0 aliphatic carbocycles. The van der Waals surface area contributed by atoms with Gasteiger partial charge in [0.05, 0.1) is 0 Å². The number of carboxylic acid groups (broad SMARTS) is 1. The molecule has 3 nitrogen and oxygen atoms in total. The summed E-state index contributed by atoms with van der Waals surface area (Å²) in [5, 5.41) is 7.30. The maximum absolute atomic E-state index is 8.94. The maximum Gasteiger partial charge on any atom is 2.00 e. The fraction of sp³-hybridized carbons (Fsp3) is 0.250. The summed E-state index contributed by atoms with van der Waals surface area (Å²) >= 11 is 0. The van der Waals surface area contributed by atoms with Crippen LogP contribution in [-0.2, 0) is 30.7 Å². The maximum atomic E-state index is 8.94. The Kier molecular flexibility index (Phi) is 31.0. The summed E-state index contributed by atoms with van der Waals surface area (Å²) in [6.45, 7) is 5.00. The van der Waals surface area contributed by atoms with E-state index in [1.165, 1.54) is 0 Å². The molecule has 0 saturated carbocycles. The van der Waals surface area contributed by atoms with Gasteiger partial charge in [-0.05, 0) is 0 Å². The summed E-state index contributed by atoms with van der Waals surface area (Å²) in [6, 6.07) is 0. The van der Waals surface area contributed by atoms with E-state index in [-0.39, 0.29) is 21.1 Å². The smallest absolute Gasteiger partial charge is 0.531 e. The second-order valence-corrected chi connectivity index (χ2v) is 0.407. The van der Waals surface area contributed by atoms with Gasteiger partial charge in [0.2, 0.25) is 0 Å². The fourth-order valence-corrected chi connectivity index (χ4v) is 0. The Morgan fingerprint density at radius 2 is 1.75 bits per heavy atom. The van der Waals surface area contributed by atoms with Crippen LogP contribution in [0.1, 0.15) is 6.92 Å². The molecule has 4 heteroatoms. The van der Waals surface area contributed by atoms with E-state index in [0.717, 1.165) is 0 Å². The van der Waals surface area contributed by atoms with Crippen LogP contribution in [0.4, 0.5) is 0 Å². The molecular formula is C4H6O3W. The minimum absolute atomic E-state index is 0. The van der Waals surface area contributed by atoms with E-state index < -0.39 is 5.97 Å². The molecule has 0 fully saturated rings. The van der Waals surface area contributed by atoms with E-state index >= 15 is 0 Å². The van der Waals surface area contributed by atoms with Crippen LogP contribution < -0.4 is 0 Å². The zero-order valence-electron chi connectivity index (χ0n) is 4.38. The van der Waals surface area contributed by atoms with Crippen LogP contribution >= 0.6 is 0 Å². The molecule has 0 unspecified atom stereocenters. The van der Waals surface area contributed by atoms with Crippen molar-refractivity contribution < 1.29 is 35.8 Å². The summed E-state index contributed by atoms with van der Waals surface area (Å²) < 4.78 is 0. The number of hydrogen-bond donors (Lipinski definition) is 1. The molecule has 0 rings (SSSR count). The normalized spacial score (nSPS) is 4.75. The SMILES string of the molecule is O=[C-]C(=O)O.[CH2-]C.[W+2]. The molecule has 1 N–H and O–H groups in total. The Bertz CT molecular complexity index is 62.3. The number of rotatable bonds is 1. The van der Waals surface area contributed by atoms with Gasteiger partial charge in [0.25, 0.3) is 0 Å². The predicted molar refractivity (Wildman–Crippen MR) is 24.4 cm³/mol. The third kappa shape index (κ3) is 40.6. The predicted octanol–water partition coefficient (Wildman–Crippen LogP) is 0.0186. The average molecular weight is 286 g/mol. The van der Waals surface area contributed by atoms with Crippen LogP contribution in [0.3, 0.4) is 0 Å². The van der Waals surface area contributed by atoms with Gasteiger partial charge in [-0.25, -0.2) is 0 Å². The van der Waals surface area contributed by atoms with Crippen molar-refractivity contribution in [2.75, 3.05) is 0 Å². The largest absolute Gasteiger partial charge is 2.00 e. The van der Waals surface area contributed by atoms with Crippen molar-refractivity contribution in [3.05, 3.63) is 6.92 Å². The second kappa shape index (κ2) is 15.8. The van der Waals surface area contributed by atoms with Crippen LogP contribution in [-0.4, -0.2) is 17.4 Å². The van der Waals surface area contributed by atoms with Crippen LogP contribution in [0.5, 0.6) is 0 Å². The van der Waals surface area contributed by atoms with Crippen LogP contribution in [0, 0.1) is 6.92 Å². The fourth-order valence-electron chi connectivity index (χ4n) is 0. The van der Waals surface area contributed by atoms with Gasteiger partial charge >= 0.3 is 21.1 Å². The van der Waals surface area contributed by atoms with Crippen LogP contribution in [0.25, 0.3) is 0 Å². The van der Waals surface area contributed by atoms with E-state index in [4.69, 9.17) is 14.7 Å². The van der Waals surface area contributed by atoms with Crippen molar-refractivity contribution in [2.45, 2.75) is 6.92 Å². The Balaban J connectivity index is -0.0000000750. The first kappa shape index (κ1) is 15.7. The first-order valence-electron chi connectivity index (χ1n) is 1.59. The van der Waals surface area contributed by atoms with E-state index in [1.54, 1.807) is 6.92 Å². The number of aliphatic carboxylic acids is 1. The van der Waals surface area contributed by atoms with Crippen molar-refractivity contribution in [2.24, 2.45) is 0 Å². The molecule has 0 atom stereocenters. The Hall–Kier alpha value is -0.172. The molecular weight excluding hydrogens is 280 g/mol. The van der Waals surface area contributed by atoms with E-state index in [9.17, 15) is 0 Å². The van der Waals surface area contributed by atoms with Gasteiger partial charge in [0.1, 0.15) is 0 Å². The first-order valence-corrected chi connectivity index (χ1v) is 1.59. The number of hydrogen-bond acceptors (Lipinski definition) is 2. The molecule has 0 aromatic heterocycles. The summed E-state index contributed by atoms with van der Waals surface area (Å²) in [6.07, 6.45) is 0.694. The quantitative estimate of drug-likeness (QED) is 0.546. The molecule has 0 spiro atoms. The molecule has 8 heavy (non-hydrogen) atoms. The third-order valence-electron chi connectivity index (χ3n) is 0.0873. The van der Waals surface area contributed by atoms with Gasteiger partial charge in [-0.3, -0.25) is 4.79 Å². The van der Waals surface area contributed by atoms with Gasteiger partial charge < -0.3 is 16.8 Å². The molecule has 0 heterocycles. The van der Waals surface area contributed by atoms with Gasteiger partial charge in [0, 0.05) is 0 Å². The Morgan fingerprint density at radius 3 is 1.75 bits per heavy atom. The molecule has 0 amide bonds. The third-order valence-corrected chi connectivity index (χ3v) is 0.0873. The Labute approximate surface area is 62.3 Å². The summed E-state index contributed by atoms with van der Waals surface area (Å²) in [4.78, 5) is 17.7. The average Bonchev–Trinajstić information content (AvgIpc) is 1.73. The number of carbonyl (C=O) groups excluding carboxylic acids is 1. The minimum atomic E-state index is -1.55. The summed E-state index contributed by atoms with van der Waals surface area (Å²) in [5.41, 5.74) is 0. The van der Waals surface area contributed by atoms with Crippen molar-refractivity contribution in [1.29, 1.82) is 0 Å². The van der Waals surface area contributed by atoms with E-state index in [2.05, 4.69) is 6.92 Å². The molecule has 0 aromatic rings. The zero-order valence-corrected chi connectivity index (χ0v) is 7.31. The molecule has 0 radical (unpaired) electrons. The van der Waals surface area contributed by atoms with Gasteiger partial charge in [0.15, 0.2) is 5.97 Å². The van der Waals surface area contributed by atoms with Gasteiger partial charge in [-0.15, -0.1) is 0 Å². The van der Waals surface area contributed by atoms with Gasteiger partial charge in [-0.2, -0.15) is 13.2 Å².